The van der Waals surface area contributed by atoms with Crippen molar-refractivity contribution >= 4 is 17.7 Å². The summed E-state index contributed by atoms with van der Waals surface area (Å²) in [5, 5.41) is 0. The van der Waals surface area contributed by atoms with Crippen LogP contribution in [0.25, 0.3) is 0 Å². The lowest BCUT2D eigenvalue weighted by Gasteiger charge is -2.17. The standard InChI is InChI=1S/C21H39NO5/c1-5-6-7-8-10-13-19(26-3)14-11-9-12-15-20(24)22(2)17-18(23)16-21(25)27-4/h19H,5-17H2,1-4H3/t19-/m0/s1. The van der Waals surface area contributed by atoms with Gasteiger partial charge in [-0.05, 0) is 19.3 Å². The molecule has 0 aliphatic heterocycles. The Hall–Kier alpha value is -1.43. The van der Waals surface area contributed by atoms with E-state index in [1.54, 1.807) is 14.2 Å². The van der Waals surface area contributed by atoms with Crippen molar-refractivity contribution in [1.29, 1.82) is 0 Å². The number of hydrogen-bond acceptors (Lipinski definition) is 5. The van der Waals surface area contributed by atoms with Crippen LogP contribution >= 0.6 is 0 Å². The van der Waals surface area contributed by atoms with Crippen LogP contribution in [-0.4, -0.2) is 56.5 Å². The molecule has 1 amide bonds. The summed E-state index contributed by atoms with van der Waals surface area (Å²) in [5.41, 5.74) is 0. The fourth-order valence-electron chi connectivity index (χ4n) is 3.01. The second-order valence-corrected chi connectivity index (χ2v) is 7.20. The van der Waals surface area contributed by atoms with E-state index in [-0.39, 0.29) is 24.7 Å². The Bertz CT molecular complexity index is 425. The molecule has 0 aromatic rings. The molecule has 27 heavy (non-hydrogen) atoms. The van der Waals surface area contributed by atoms with Gasteiger partial charge >= 0.3 is 5.97 Å². The van der Waals surface area contributed by atoms with Crippen LogP contribution in [0, 0.1) is 0 Å². The molecule has 158 valence electrons. The molecule has 0 saturated carbocycles. The van der Waals surface area contributed by atoms with E-state index < -0.39 is 5.97 Å². The smallest absolute Gasteiger partial charge is 0.313 e. The molecule has 0 bridgehead atoms. The second kappa shape index (κ2) is 16.7. The van der Waals surface area contributed by atoms with Crippen LogP contribution in [0.3, 0.4) is 0 Å². The van der Waals surface area contributed by atoms with Crippen LogP contribution in [0.5, 0.6) is 0 Å². The second-order valence-electron chi connectivity index (χ2n) is 7.20. The number of unbranched alkanes of at least 4 members (excludes halogenated alkanes) is 6. The highest BCUT2D eigenvalue weighted by atomic mass is 16.5. The van der Waals surface area contributed by atoms with E-state index in [0.29, 0.717) is 12.5 Å². The van der Waals surface area contributed by atoms with Crippen molar-refractivity contribution in [2.24, 2.45) is 0 Å². The summed E-state index contributed by atoms with van der Waals surface area (Å²) in [4.78, 5) is 36.1. The first-order chi connectivity index (χ1) is 12.9. The highest BCUT2D eigenvalue weighted by molar-refractivity contribution is 5.97. The first-order valence-electron chi connectivity index (χ1n) is 10.3. The molecule has 0 aromatic heterocycles. The number of Topliss-reactive ketones (excluding diaryl/α,β-unsaturated/α-hetero) is 1. The molecule has 1 atom stereocenters. The maximum atomic E-state index is 12.0. The molecule has 0 aromatic carbocycles. The molecule has 0 heterocycles. The zero-order chi connectivity index (χ0) is 20.5. The summed E-state index contributed by atoms with van der Waals surface area (Å²) < 4.78 is 10.0. The average Bonchev–Trinajstić information content (AvgIpc) is 2.65. The lowest BCUT2D eigenvalue weighted by atomic mass is 10.0. The number of ether oxygens (including phenoxy) is 2. The summed E-state index contributed by atoms with van der Waals surface area (Å²) in [6.07, 6.45) is 11.8. The number of esters is 1. The Morgan fingerprint density at radius 1 is 0.889 bits per heavy atom. The summed E-state index contributed by atoms with van der Waals surface area (Å²) in [5.74, 6) is -0.939. The summed E-state index contributed by atoms with van der Waals surface area (Å²) in [6.45, 7) is 2.18. The zero-order valence-electron chi connectivity index (χ0n) is 17.8. The summed E-state index contributed by atoms with van der Waals surface area (Å²) >= 11 is 0. The van der Waals surface area contributed by atoms with E-state index in [9.17, 15) is 14.4 Å². The van der Waals surface area contributed by atoms with Crippen LogP contribution < -0.4 is 0 Å². The molecule has 0 aliphatic rings. The molecule has 6 nitrogen and oxygen atoms in total. The van der Waals surface area contributed by atoms with Crippen LogP contribution in [0.15, 0.2) is 0 Å². The van der Waals surface area contributed by atoms with Gasteiger partial charge in [-0.1, -0.05) is 51.9 Å². The average molecular weight is 386 g/mol. The van der Waals surface area contributed by atoms with Gasteiger partial charge < -0.3 is 14.4 Å². The number of carbonyl (C=O) groups is 3. The first kappa shape index (κ1) is 25.6. The lowest BCUT2D eigenvalue weighted by Crippen LogP contribution is -2.32. The molecule has 0 saturated heterocycles. The molecule has 0 N–H and O–H groups in total. The zero-order valence-corrected chi connectivity index (χ0v) is 17.8. The van der Waals surface area contributed by atoms with Gasteiger partial charge in [-0.3, -0.25) is 14.4 Å². The van der Waals surface area contributed by atoms with E-state index in [4.69, 9.17) is 4.74 Å². The summed E-state index contributed by atoms with van der Waals surface area (Å²) in [6, 6.07) is 0. The van der Waals surface area contributed by atoms with Gasteiger partial charge in [0.05, 0.1) is 19.8 Å². The van der Waals surface area contributed by atoms with Crippen molar-refractivity contribution in [1.82, 2.24) is 4.90 Å². The van der Waals surface area contributed by atoms with Crippen molar-refractivity contribution in [2.45, 2.75) is 90.1 Å². The quantitative estimate of drug-likeness (QED) is 0.216. The van der Waals surface area contributed by atoms with E-state index in [0.717, 1.165) is 32.1 Å². The van der Waals surface area contributed by atoms with Gasteiger partial charge in [0, 0.05) is 20.6 Å². The minimum absolute atomic E-state index is 0.0439. The molecule has 0 unspecified atom stereocenters. The van der Waals surface area contributed by atoms with E-state index in [1.165, 1.54) is 44.1 Å². The van der Waals surface area contributed by atoms with Crippen molar-refractivity contribution in [3.8, 4) is 0 Å². The third-order valence-corrected chi connectivity index (χ3v) is 4.79. The molecular formula is C21H39NO5. The fourth-order valence-corrected chi connectivity index (χ4v) is 3.01. The number of carbonyl (C=O) groups excluding carboxylic acids is 3. The van der Waals surface area contributed by atoms with Gasteiger partial charge in [-0.15, -0.1) is 0 Å². The molecule has 6 heteroatoms. The molecular weight excluding hydrogens is 346 g/mol. The predicted octanol–water partition coefficient (Wildman–Crippen LogP) is 3.90. The summed E-state index contributed by atoms with van der Waals surface area (Å²) in [7, 11) is 4.61. The number of likely N-dealkylation sites (N-methyl/N-ethyl adjacent to an activating group) is 1. The SMILES string of the molecule is CCCCCCC[C@@H](CCCCCC(=O)N(C)CC(=O)CC(=O)OC)OC. The van der Waals surface area contributed by atoms with Crippen molar-refractivity contribution in [3.05, 3.63) is 0 Å². The van der Waals surface area contributed by atoms with Gasteiger partial charge in [0.2, 0.25) is 5.91 Å². The molecule has 0 aliphatic carbocycles. The van der Waals surface area contributed by atoms with Gasteiger partial charge in [0.1, 0.15) is 6.42 Å². The van der Waals surface area contributed by atoms with Gasteiger partial charge in [-0.25, -0.2) is 0 Å². The van der Waals surface area contributed by atoms with Crippen molar-refractivity contribution in [2.75, 3.05) is 27.8 Å². The van der Waals surface area contributed by atoms with E-state index in [1.807, 2.05) is 0 Å². The predicted molar refractivity (Wildman–Crippen MR) is 107 cm³/mol. The normalized spacial score (nSPS) is 11.9. The highest BCUT2D eigenvalue weighted by Gasteiger charge is 2.15. The topological polar surface area (TPSA) is 72.9 Å². The first-order valence-corrected chi connectivity index (χ1v) is 10.3. The van der Waals surface area contributed by atoms with Gasteiger partial charge in [0.25, 0.3) is 0 Å². The molecule has 0 spiro atoms. The van der Waals surface area contributed by atoms with Crippen LogP contribution in [-0.2, 0) is 23.9 Å². The Kier molecular flexibility index (Phi) is 15.8. The largest absolute Gasteiger partial charge is 0.469 e. The number of amides is 1. The Morgan fingerprint density at radius 3 is 2.04 bits per heavy atom. The Morgan fingerprint density at radius 2 is 1.48 bits per heavy atom. The third kappa shape index (κ3) is 14.3. The monoisotopic (exact) mass is 385 g/mol. The fraction of sp³-hybridized carbons (Fsp3) is 0.857. The van der Waals surface area contributed by atoms with Crippen LogP contribution in [0.4, 0.5) is 0 Å². The van der Waals surface area contributed by atoms with Crippen LogP contribution in [0.1, 0.15) is 84.0 Å². The third-order valence-electron chi connectivity index (χ3n) is 4.79. The van der Waals surface area contributed by atoms with Crippen molar-refractivity contribution < 1.29 is 23.9 Å². The maximum Gasteiger partial charge on any atom is 0.313 e. The Labute approximate surface area is 165 Å². The highest BCUT2D eigenvalue weighted by Crippen LogP contribution is 2.15. The lowest BCUT2D eigenvalue weighted by molar-refractivity contribution is -0.144. The maximum absolute atomic E-state index is 12.0. The number of nitrogens with zero attached hydrogens (tertiary/aromatic N) is 1. The van der Waals surface area contributed by atoms with Crippen molar-refractivity contribution in [3.63, 3.8) is 0 Å². The van der Waals surface area contributed by atoms with Gasteiger partial charge in [-0.2, -0.15) is 0 Å². The molecule has 0 fully saturated rings. The number of rotatable bonds is 17. The minimum atomic E-state index is -0.570. The Balaban J connectivity index is 3.80. The number of methoxy groups -OCH3 is 2. The number of ketones is 1. The van der Waals surface area contributed by atoms with Gasteiger partial charge in [0.15, 0.2) is 5.78 Å². The number of hydrogen-bond donors (Lipinski definition) is 0. The van der Waals surface area contributed by atoms with E-state index in [2.05, 4.69) is 11.7 Å². The van der Waals surface area contributed by atoms with Crippen LogP contribution in [0.2, 0.25) is 0 Å². The molecule has 0 radical (unpaired) electrons. The van der Waals surface area contributed by atoms with E-state index >= 15 is 0 Å². The minimum Gasteiger partial charge on any atom is -0.469 e. The molecule has 0 rings (SSSR count).